The van der Waals surface area contributed by atoms with E-state index in [-0.39, 0.29) is 36.0 Å². The molecule has 36 heavy (non-hydrogen) atoms. The summed E-state index contributed by atoms with van der Waals surface area (Å²) in [6, 6.07) is 13.2. The monoisotopic (exact) mass is 489 g/mol. The number of rotatable bonds is 8. The van der Waals surface area contributed by atoms with Crippen LogP contribution in [0.25, 0.3) is 5.82 Å². The minimum absolute atomic E-state index is 0.0626. The van der Waals surface area contributed by atoms with Crippen molar-refractivity contribution < 1.29 is 23.9 Å². The quantitative estimate of drug-likeness (QED) is 0.465. The van der Waals surface area contributed by atoms with Gasteiger partial charge in [-0.2, -0.15) is 5.10 Å². The fourth-order valence-electron chi connectivity index (χ4n) is 4.02. The molecule has 0 fully saturated rings. The van der Waals surface area contributed by atoms with Crippen LogP contribution in [-0.2, 0) is 14.3 Å². The van der Waals surface area contributed by atoms with Crippen LogP contribution in [0, 0.1) is 0 Å². The van der Waals surface area contributed by atoms with E-state index in [1.165, 1.54) is 6.20 Å². The molecule has 4 rings (SSSR count). The Bertz CT molecular complexity index is 1280. The lowest BCUT2D eigenvalue weighted by Crippen LogP contribution is -2.47. The third-order valence-corrected chi connectivity index (χ3v) is 5.57. The zero-order valence-electron chi connectivity index (χ0n) is 20.2. The van der Waals surface area contributed by atoms with Crippen molar-refractivity contribution in [1.29, 1.82) is 0 Å². The molecule has 1 aliphatic heterocycles. The summed E-state index contributed by atoms with van der Waals surface area (Å²) < 4.78 is 12.4. The highest BCUT2D eigenvalue weighted by molar-refractivity contribution is 5.95. The van der Waals surface area contributed by atoms with Crippen molar-refractivity contribution >= 4 is 18.0 Å². The number of nitrogens with zero attached hydrogens (tertiary/aromatic N) is 3. The summed E-state index contributed by atoms with van der Waals surface area (Å²) in [5, 5.41) is 9.69. The molecule has 2 amide bonds. The summed E-state index contributed by atoms with van der Waals surface area (Å²) in [5.74, 6) is -0.743. The number of hydrogen-bond donors (Lipinski definition) is 2. The molecule has 1 aromatic carbocycles. The van der Waals surface area contributed by atoms with Crippen molar-refractivity contribution in [1.82, 2.24) is 25.4 Å². The molecule has 0 bridgehead atoms. The fourth-order valence-corrected chi connectivity index (χ4v) is 4.02. The average Bonchev–Trinajstić information content (AvgIpc) is 3.34. The number of esters is 2. The van der Waals surface area contributed by atoms with E-state index in [9.17, 15) is 14.4 Å². The first-order chi connectivity index (χ1) is 17.4. The first-order valence-electron chi connectivity index (χ1n) is 11.6. The van der Waals surface area contributed by atoms with Crippen molar-refractivity contribution in [2.75, 3.05) is 13.2 Å². The van der Waals surface area contributed by atoms with Crippen molar-refractivity contribution in [3.05, 3.63) is 89.0 Å². The van der Waals surface area contributed by atoms with Crippen molar-refractivity contribution in [3.63, 3.8) is 0 Å². The van der Waals surface area contributed by atoms with Gasteiger partial charge in [0.2, 0.25) is 0 Å². The Kier molecular flexibility index (Phi) is 7.43. The van der Waals surface area contributed by atoms with E-state index in [1.54, 1.807) is 54.2 Å². The molecule has 186 valence electrons. The van der Waals surface area contributed by atoms with Gasteiger partial charge in [0.25, 0.3) is 0 Å². The molecule has 10 nitrogen and oxygen atoms in total. The van der Waals surface area contributed by atoms with Gasteiger partial charge in [0.1, 0.15) is 12.2 Å². The number of carbonyl (C=O) groups is 3. The van der Waals surface area contributed by atoms with Crippen LogP contribution in [0.1, 0.15) is 54.3 Å². The van der Waals surface area contributed by atoms with Gasteiger partial charge in [0.05, 0.1) is 35.8 Å². The highest BCUT2D eigenvalue weighted by Crippen LogP contribution is 2.28. The van der Waals surface area contributed by atoms with E-state index in [4.69, 9.17) is 9.47 Å². The minimum atomic E-state index is -0.758. The van der Waals surface area contributed by atoms with Crippen LogP contribution >= 0.6 is 0 Å². The third-order valence-electron chi connectivity index (χ3n) is 5.57. The lowest BCUT2D eigenvalue weighted by Gasteiger charge is -2.29. The second-order valence-corrected chi connectivity index (χ2v) is 8.33. The first-order valence-corrected chi connectivity index (χ1v) is 11.6. The number of pyridine rings is 1. The van der Waals surface area contributed by atoms with Crippen LogP contribution in [0.15, 0.2) is 72.2 Å². The van der Waals surface area contributed by atoms with Gasteiger partial charge in [-0.15, -0.1) is 0 Å². The van der Waals surface area contributed by atoms with E-state index < -0.39 is 24.0 Å². The highest BCUT2D eigenvalue weighted by atomic mass is 16.5. The second-order valence-electron chi connectivity index (χ2n) is 8.33. The Hall–Kier alpha value is -4.47. The van der Waals surface area contributed by atoms with E-state index in [0.717, 1.165) is 0 Å². The number of carbonyl (C=O) groups excluding carboxylic acids is 3. The Morgan fingerprint density at radius 3 is 2.47 bits per heavy atom. The largest absolute Gasteiger partial charge is 0.463 e. The number of hydrogen-bond acceptors (Lipinski definition) is 7. The Balaban J connectivity index is 1.65. The molecule has 1 aliphatic rings. The molecule has 10 heteroatoms. The van der Waals surface area contributed by atoms with Gasteiger partial charge >= 0.3 is 18.0 Å². The van der Waals surface area contributed by atoms with Gasteiger partial charge < -0.3 is 20.1 Å². The highest BCUT2D eigenvalue weighted by Gasteiger charge is 2.34. The Labute approximate surface area is 208 Å². The van der Waals surface area contributed by atoms with E-state index >= 15 is 0 Å². The van der Waals surface area contributed by atoms with Gasteiger partial charge in [-0.1, -0.05) is 50.2 Å². The number of aromatic nitrogens is 3. The number of benzene rings is 1. The van der Waals surface area contributed by atoms with Crippen molar-refractivity contribution in [3.8, 4) is 5.82 Å². The lowest BCUT2D eigenvalue weighted by molar-refractivity contribution is -0.139. The summed E-state index contributed by atoms with van der Waals surface area (Å²) in [5.41, 5.74) is 1.92. The minimum Gasteiger partial charge on any atom is -0.463 e. The maximum Gasteiger partial charge on any atom is 0.342 e. The predicted octanol–water partition coefficient (Wildman–Crippen LogP) is 3.42. The number of amides is 2. The van der Waals surface area contributed by atoms with Crippen LogP contribution in [-0.4, -0.2) is 45.9 Å². The second kappa shape index (κ2) is 10.9. The van der Waals surface area contributed by atoms with Crippen LogP contribution in [0.3, 0.4) is 0 Å². The molecule has 0 radical (unpaired) electrons. The zero-order chi connectivity index (χ0) is 25.7. The van der Waals surface area contributed by atoms with Crippen LogP contribution in [0.2, 0.25) is 0 Å². The summed E-state index contributed by atoms with van der Waals surface area (Å²) >= 11 is 0. The molecule has 2 N–H and O–H groups in total. The molecule has 1 unspecified atom stereocenters. The predicted molar refractivity (Wildman–Crippen MR) is 130 cm³/mol. The average molecular weight is 490 g/mol. The molecular formula is C26H27N5O5. The van der Waals surface area contributed by atoms with E-state index in [2.05, 4.69) is 20.7 Å². The summed E-state index contributed by atoms with van der Waals surface area (Å²) in [6.07, 6.45) is 3.08. The molecule has 0 aliphatic carbocycles. The molecule has 3 heterocycles. The van der Waals surface area contributed by atoms with Crippen molar-refractivity contribution in [2.24, 2.45) is 0 Å². The van der Waals surface area contributed by atoms with E-state index in [1.807, 2.05) is 26.0 Å². The lowest BCUT2D eigenvalue weighted by atomic mass is 9.95. The number of urea groups is 1. The molecular weight excluding hydrogens is 462 g/mol. The van der Waals surface area contributed by atoms with Gasteiger partial charge in [-0.25, -0.2) is 24.0 Å². The summed E-state index contributed by atoms with van der Waals surface area (Å²) in [6.45, 7) is 5.38. The fraction of sp³-hybridized carbons (Fsp3) is 0.269. The topological polar surface area (TPSA) is 124 Å². The zero-order valence-corrected chi connectivity index (χ0v) is 20.2. The van der Waals surface area contributed by atoms with Gasteiger partial charge in [0, 0.05) is 6.20 Å². The van der Waals surface area contributed by atoms with Crippen LogP contribution in [0.4, 0.5) is 4.79 Å². The van der Waals surface area contributed by atoms with Gasteiger partial charge in [-0.3, -0.25) is 0 Å². The number of ether oxygens (including phenoxy) is 2. The first kappa shape index (κ1) is 24.6. The van der Waals surface area contributed by atoms with Crippen LogP contribution in [0.5, 0.6) is 0 Å². The molecule has 2 aromatic heterocycles. The molecule has 1 atom stereocenters. The molecule has 0 saturated heterocycles. The molecule has 0 saturated carbocycles. The SMILES string of the molecule is CCOC(=O)C1=C(COC(=O)c2cnn(-c3ccccn3)c2C(C)C)NC(=O)NC1c1ccccc1. The maximum atomic E-state index is 13.1. The molecule has 3 aromatic rings. The standard InChI is InChI=1S/C26H27N5O5/c1-4-35-25(33)21-19(29-26(34)30-22(21)17-10-6-5-7-11-17)15-36-24(32)18-14-28-31(23(18)16(2)3)20-12-8-9-13-27-20/h5-14,16,22H,4,15H2,1-3H3,(H2,29,30,34). The Morgan fingerprint density at radius 2 is 1.81 bits per heavy atom. The molecule has 0 spiro atoms. The summed E-state index contributed by atoms with van der Waals surface area (Å²) in [4.78, 5) is 42.8. The number of nitrogens with one attached hydrogen (secondary N) is 2. The van der Waals surface area contributed by atoms with Gasteiger partial charge in [0.15, 0.2) is 5.82 Å². The summed E-state index contributed by atoms with van der Waals surface area (Å²) in [7, 11) is 0. The Morgan fingerprint density at radius 1 is 1.06 bits per heavy atom. The van der Waals surface area contributed by atoms with Crippen molar-refractivity contribution in [2.45, 2.75) is 32.7 Å². The smallest absolute Gasteiger partial charge is 0.342 e. The normalized spacial score (nSPS) is 15.3. The maximum absolute atomic E-state index is 13.1. The van der Waals surface area contributed by atoms with Gasteiger partial charge in [-0.05, 0) is 30.5 Å². The third kappa shape index (κ3) is 5.12. The van der Waals surface area contributed by atoms with Crippen LogP contribution < -0.4 is 10.6 Å². The van der Waals surface area contributed by atoms with E-state index in [0.29, 0.717) is 17.1 Å².